The molecule has 2 aliphatic rings. The molecule has 1 fully saturated rings. The molecule has 0 unspecified atom stereocenters. The summed E-state index contributed by atoms with van der Waals surface area (Å²) < 4.78 is 22.0. The summed E-state index contributed by atoms with van der Waals surface area (Å²) >= 11 is 1.39. The second-order valence-electron chi connectivity index (χ2n) is 8.57. The van der Waals surface area contributed by atoms with E-state index in [1.54, 1.807) is 19.3 Å². The normalized spacial score (nSPS) is 20.2. The number of aromatic nitrogens is 4. The molecule has 1 aliphatic heterocycles. The summed E-state index contributed by atoms with van der Waals surface area (Å²) in [5, 5.41) is 7.03. The summed E-state index contributed by atoms with van der Waals surface area (Å²) in [5.74, 6) is 0.446. The molecule has 0 saturated heterocycles. The van der Waals surface area contributed by atoms with Gasteiger partial charge in [-0.1, -0.05) is 11.8 Å². The van der Waals surface area contributed by atoms with Gasteiger partial charge in [0.15, 0.2) is 5.82 Å². The van der Waals surface area contributed by atoms with E-state index in [0.717, 1.165) is 36.4 Å². The number of carbonyl (C=O) groups excluding carboxylic acids is 1. The third-order valence-electron chi connectivity index (χ3n) is 6.28. The molecule has 3 aromatic rings. The van der Waals surface area contributed by atoms with E-state index in [1.165, 1.54) is 28.6 Å². The summed E-state index contributed by atoms with van der Waals surface area (Å²) in [6.07, 6.45) is 6.56. The Balaban J connectivity index is 1.15. The fraction of sp³-hybridized carbons (Fsp3) is 0.435. The van der Waals surface area contributed by atoms with Gasteiger partial charge in [-0.25, -0.2) is 19.3 Å². The number of hydrogen-bond acceptors (Lipinski definition) is 8. The van der Waals surface area contributed by atoms with Gasteiger partial charge in [0.05, 0.1) is 47.6 Å². The van der Waals surface area contributed by atoms with Gasteiger partial charge >= 0.3 is 0 Å². The van der Waals surface area contributed by atoms with Gasteiger partial charge < -0.3 is 19.9 Å². The van der Waals surface area contributed by atoms with Gasteiger partial charge in [0.2, 0.25) is 5.91 Å². The quantitative estimate of drug-likeness (QED) is 0.549. The number of amides is 1. The molecule has 0 spiro atoms. The highest BCUT2D eigenvalue weighted by molar-refractivity contribution is 8.00. The lowest BCUT2D eigenvalue weighted by Crippen LogP contribution is -2.35. The molecule has 1 aliphatic carbocycles. The third kappa shape index (κ3) is 4.82. The van der Waals surface area contributed by atoms with Crippen molar-refractivity contribution in [3.8, 4) is 0 Å². The van der Waals surface area contributed by atoms with E-state index in [9.17, 15) is 14.0 Å². The number of fused-ring (bicyclic) bond motifs is 2. The first kappa shape index (κ1) is 22.9. The van der Waals surface area contributed by atoms with Crippen LogP contribution in [0.2, 0.25) is 0 Å². The van der Waals surface area contributed by atoms with E-state index in [-0.39, 0.29) is 24.2 Å². The highest BCUT2D eigenvalue weighted by Gasteiger charge is 2.23. The number of nitrogens with one attached hydrogen (secondary N) is 2. The molecule has 178 valence electrons. The van der Waals surface area contributed by atoms with Crippen LogP contribution in [0.1, 0.15) is 36.9 Å². The van der Waals surface area contributed by atoms with Crippen LogP contribution < -0.4 is 16.2 Å². The minimum atomic E-state index is -0.397. The summed E-state index contributed by atoms with van der Waals surface area (Å²) in [5.41, 5.74) is 1.91. The first-order valence-electron chi connectivity index (χ1n) is 11.2. The van der Waals surface area contributed by atoms with Gasteiger partial charge in [-0.05, 0) is 37.8 Å². The number of anilines is 1. The molecule has 1 saturated carbocycles. The van der Waals surface area contributed by atoms with Crippen LogP contribution in [0, 0.1) is 5.82 Å². The number of benzene rings is 1. The standard InChI is InChI=1S/C23H25FN6O3S/c1-30-20(32)10-26-18-7-6-17(24)16(21(18)30)11-33-15-4-2-13(3-5-15)25-8-14-9-27-23-22(28-14)29-19(31)12-34-23/h6-7,9-10,13,15,25H,2-5,8,11-12H2,1H3,(H,28,29,31). The Hall–Kier alpha value is -2.89. The van der Waals surface area contributed by atoms with Crippen molar-refractivity contribution in [1.29, 1.82) is 0 Å². The fourth-order valence-corrected chi connectivity index (χ4v) is 5.11. The van der Waals surface area contributed by atoms with Crippen LogP contribution in [0.5, 0.6) is 0 Å². The molecule has 0 bridgehead atoms. The number of aryl methyl sites for hydroxylation is 1. The lowest BCUT2D eigenvalue weighted by Gasteiger charge is -2.29. The second kappa shape index (κ2) is 9.77. The van der Waals surface area contributed by atoms with Gasteiger partial charge in [-0.2, -0.15) is 0 Å². The molecule has 3 heterocycles. The third-order valence-corrected chi connectivity index (χ3v) is 7.26. The SMILES string of the molecule is Cn1c(=O)cnc2ccc(F)c(COC3CCC(NCc4cnc5c(n4)NC(=O)CS5)CC3)c21. The number of rotatable bonds is 6. The van der Waals surface area contributed by atoms with E-state index in [2.05, 4.69) is 25.6 Å². The molecule has 1 amide bonds. The zero-order valence-electron chi connectivity index (χ0n) is 18.7. The molecule has 11 heteroatoms. The number of halogens is 1. The smallest absolute Gasteiger partial charge is 0.269 e. The van der Waals surface area contributed by atoms with Crippen molar-refractivity contribution < 1.29 is 13.9 Å². The molecular formula is C23H25FN6O3S. The van der Waals surface area contributed by atoms with Crippen molar-refractivity contribution in [2.75, 3.05) is 11.1 Å². The van der Waals surface area contributed by atoms with E-state index in [1.807, 2.05) is 0 Å². The maximum Gasteiger partial charge on any atom is 0.269 e. The van der Waals surface area contributed by atoms with Gasteiger partial charge in [0.1, 0.15) is 10.8 Å². The summed E-state index contributed by atoms with van der Waals surface area (Å²) in [6.45, 7) is 0.665. The van der Waals surface area contributed by atoms with Crippen LogP contribution in [0.25, 0.3) is 11.0 Å². The molecule has 5 rings (SSSR count). The Labute approximate surface area is 199 Å². The molecular weight excluding hydrogens is 459 g/mol. The number of carbonyl (C=O) groups is 1. The largest absolute Gasteiger partial charge is 0.373 e. The van der Waals surface area contributed by atoms with Crippen molar-refractivity contribution in [2.24, 2.45) is 7.05 Å². The van der Waals surface area contributed by atoms with Gasteiger partial charge in [0.25, 0.3) is 5.56 Å². The van der Waals surface area contributed by atoms with Crippen molar-refractivity contribution in [1.82, 2.24) is 24.8 Å². The molecule has 1 aromatic carbocycles. The van der Waals surface area contributed by atoms with E-state index in [4.69, 9.17) is 4.74 Å². The summed E-state index contributed by atoms with van der Waals surface area (Å²) in [6, 6.07) is 3.26. The van der Waals surface area contributed by atoms with Crippen LogP contribution in [-0.2, 0) is 29.7 Å². The van der Waals surface area contributed by atoms with Crippen molar-refractivity contribution in [3.63, 3.8) is 0 Å². The Kier molecular flexibility index (Phi) is 6.57. The first-order valence-corrected chi connectivity index (χ1v) is 12.2. The van der Waals surface area contributed by atoms with Gasteiger partial charge in [-0.3, -0.25) is 9.59 Å². The van der Waals surface area contributed by atoms with Crippen LogP contribution in [0.4, 0.5) is 10.2 Å². The maximum atomic E-state index is 14.6. The highest BCUT2D eigenvalue weighted by Crippen LogP contribution is 2.28. The maximum absolute atomic E-state index is 14.6. The zero-order valence-corrected chi connectivity index (χ0v) is 19.5. The predicted molar refractivity (Wildman–Crippen MR) is 126 cm³/mol. The first-order chi connectivity index (χ1) is 16.5. The lowest BCUT2D eigenvalue weighted by atomic mass is 9.93. The van der Waals surface area contributed by atoms with E-state index >= 15 is 0 Å². The average Bonchev–Trinajstić information content (AvgIpc) is 2.85. The van der Waals surface area contributed by atoms with Crippen LogP contribution >= 0.6 is 11.8 Å². The second-order valence-corrected chi connectivity index (χ2v) is 9.53. The van der Waals surface area contributed by atoms with E-state index < -0.39 is 5.82 Å². The minimum Gasteiger partial charge on any atom is -0.373 e. The van der Waals surface area contributed by atoms with Gasteiger partial charge in [-0.15, -0.1) is 0 Å². The Bertz CT molecular complexity index is 1290. The lowest BCUT2D eigenvalue weighted by molar-refractivity contribution is -0.113. The Morgan fingerprint density at radius 2 is 2.03 bits per heavy atom. The molecule has 34 heavy (non-hydrogen) atoms. The predicted octanol–water partition coefficient (Wildman–Crippen LogP) is 2.52. The summed E-state index contributed by atoms with van der Waals surface area (Å²) in [4.78, 5) is 36.6. The highest BCUT2D eigenvalue weighted by atomic mass is 32.2. The van der Waals surface area contributed by atoms with Crippen LogP contribution in [0.15, 0.2) is 34.3 Å². The Morgan fingerprint density at radius 1 is 1.21 bits per heavy atom. The zero-order chi connectivity index (χ0) is 23.7. The number of nitrogens with zero attached hydrogens (tertiary/aromatic N) is 4. The molecule has 2 aromatic heterocycles. The van der Waals surface area contributed by atoms with Gasteiger partial charge in [0, 0.05) is 25.2 Å². The molecule has 0 atom stereocenters. The monoisotopic (exact) mass is 484 g/mol. The van der Waals surface area contributed by atoms with Crippen molar-refractivity contribution in [2.45, 2.75) is 56.0 Å². The van der Waals surface area contributed by atoms with E-state index in [0.29, 0.717) is 40.8 Å². The number of ether oxygens (including phenoxy) is 1. The van der Waals surface area contributed by atoms with Crippen LogP contribution in [-0.4, -0.2) is 43.3 Å². The molecule has 2 N–H and O–H groups in total. The average molecular weight is 485 g/mol. The van der Waals surface area contributed by atoms with Crippen molar-refractivity contribution in [3.05, 3.63) is 52.0 Å². The molecule has 9 nitrogen and oxygen atoms in total. The fourth-order valence-electron chi connectivity index (χ4n) is 4.41. The van der Waals surface area contributed by atoms with Crippen LogP contribution in [0.3, 0.4) is 0 Å². The summed E-state index contributed by atoms with van der Waals surface area (Å²) in [7, 11) is 1.62. The minimum absolute atomic E-state index is 0.0252. The van der Waals surface area contributed by atoms with Crippen molar-refractivity contribution >= 4 is 34.5 Å². The number of thioether (sulfide) groups is 1. The molecule has 0 radical (unpaired) electrons. The Morgan fingerprint density at radius 3 is 2.85 bits per heavy atom. The topological polar surface area (TPSA) is 111 Å². The number of hydrogen-bond donors (Lipinski definition) is 2.